The van der Waals surface area contributed by atoms with Crippen LogP contribution < -0.4 is 10.5 Å². The van der Waals surface area contributed by atoms with Crippen LogP contribution in [0.15, 0.2) is 70.4 Å². The first kappa shape index (κ1) is 21.0. The van der Waals surface area contributed by atoms with Crippen molar-refractivity contribution >= 4 is 40.7 Å². The number of nitrogens with two attached hydrogens (primary N) is 1. The van der Waals surface area contributed by atoms with E-state index in [1.165, 1.54) is 17.1 Å². The van der Waals surface area contributed by atoms with Gasteiger partial charge in [-0.3, -0.25) is 9.59 Å². The lowest BCUT2D eigenvalue weighted by molar-refractivity contribution is -0.135. The molecule has 7 nitrogen and oxygen atoms in total. The van der Waals surface area contributed by atoms with E-state index >= 15 is 0 Å². The molecule has 0 saturated heterocycles. The fraction of sp³-hybridized carbons (Fsp3) is 0.136. The normalized spacial score (nSPS) is 15.6. The van der Waals surface area contributed by atoms with Crippen LogP contribution in [0, 0.1) is 0 Å². The van der Waals surface area contributed by atoms with Gasteiger partial charge in [0, 0.05) is 16.5 Å². The van der Waals surface area contributed by atoms with Gasteiger partial charge >= 0.3 is 0 Å². The van der Waals surface area contributed by atoms with Gasteiger partial charge in [0.05, 0.1) is 17.5 Å². The van der Waals surface area contributed by atoms with Crippen LogP contribution in [0.1, 0.15) is 34.1 Å². The topological polar surface area (TPSA) is 98.1 Å². The molecule has 31 heavy (non-hydrogen) atoms. The predicted octanol–water partition coefficient (Wildman–Crippen LogP) is 4.44. The molecular formula is C22H17Cl2N3O4. The van der Waals surface area contributed by atoms with Gasteiger partial charge in [-0.15, -0.1) is 0 Å². The summed E-state index contributed by atoms with van der Waals surface area (Å²) in [5, 5.41) is 6.80. The molecule has 0 aliphatic carbocycles. The Labute approximate surface area is 188 Å². The Morgan fingerprint density at radius 2 is 1.87 bits per heavy atom. The maximum Gasteiger partial charge on any atom is 0.281 e. The molecule has 1 atom stereocenters. The molecule has 1 aromatic heterocycles. The summed E-state index contributed by atoms with van der Waals surface area (Å²) in [6, 6.07) is 14.8. The highest BCUT2D eigenvalue weighted by Gasteiger charge is 2.35. The Bertz CT molecular complexity index is 1140. The molecule has 0 radical (unpaired) electrons. The first-order chi connectivity index (χ1) is 14.9. The summed E-state index contributed by atoms with van der Waals surface area (Å²) < 4.78 is 11.1. The van der Waals surface area contributed by atoms with Gasteiger partial charge in [0.2, 0.25) is 0 Å². The van der Waals surface area contributed by atoms with Crippen molar-refractivity contribution in [3.05, 3.63) is 87.8 Å². The number of halogens is 2. The maximum absolute atomic E-state index is 13.0. The van der Waals surface area contributed by atoms with Crippen LogP contribution in [-0.2, 0) is 4.79 Å². The van der Waals surface area contributed by atoms with E-state index in [9.17, 15) is 9.59 Å². The number of carbonyl (C=O) groups is 2. The van der Waals surface area contributed by atoms with Crippen molar-refractivity contribution in [1.29, 1.82) is 0 Å². The zero-order chi connectivity index (χ0) is 22.0. The molecule has 0 saturated carbocycles. The Kier molecular flexibility index (Phi) is 5.97. The molecule has 3 aromatic rings. The van der Waals surface area contributed by atoms with Gasteiger partial charge in [0.1, 0.15) is 17.6 Å². The minimum Gasteiger partial charge on any atom is -0.483 e. The van der Waals surface area contributed by atoms with E-state index < -0.39 is 17.9 Å². The number of primary amides is 1. The number of hydrogen-bond donors (Lipinski definition) is 1. The molecule has 1 aliphatic rings. The van der Waals surface area contributed by atoms with Crippen molar-refractivity contribution in [3.63, 3.8) is 0 Å². The molecule has 4 rings (SSSR count). The SMILES string of the molecule is NC(=O)c1cc(Cl)ccc1OCC(=O)N1N=C(c2ccc(Cl)cc2)CC1c1ccco1. The van der Waals surface area contributed by atoms with Crippen molar-refractivity contribution in [2.24, 2.45) is 10.8 Å². The lowest BCUT2D eigenvalue weighted by Gasteiger charge is -2.20. The zero-order valence-corrected chi connectivity index (χ0v) is 17.6. The Balaban J connectivity index is 1.57. The summed E-state index contributed by atoms with van der Waals surface area (Å²) in [6.07, 6.45) is 2.01. The van der Waals surface area contributed by atoms with Crippen molar-refractivity contribution in [1.82, 2.24) is 5.01 Å². The fourth-order valence-electron chi connectivity index (χ4n) is 3.29. The highest BCUT2D eigenvalue weighted by Crippen LogP contribution is 2.33. The molecule has 2 N–H and O–H groups in total. The predicted molar refractivity (Wildman–Crippen MR) is 116 cm³/mol. The molecule has 0 fully saturated rings. The van der Waals surface area contributed by atoms with Crippen molar-refractivity contribution in [2.45, 2.75) is 12.5 Å². The van der Waals surface area contributed by atoms with E-state index in [0.717, 1.165) is 11.3 Å². The Morgan fingerprint density at radius 3 is 2.55 bits per heavy atom. The third-order valence-electron chi connectivity index (χ3n) is 4.77. The van der Waals surface area contributed by atoms with Crippen LogP contribution in [0.2, 0.25) is 10.0 Å². The molecule has 1 unspecified atom stereocenters. The summed E-state index contributed by atoms with van der Waals surface area (Å²) in [4.78, 5) is 24.6. The maximum atomic E-state index is 13.0. The van der Waals surface area contributed by atoms with E-state index in [0.29, 0.717) is 22.2 Å². The van der Waals surface area contributed by atoms with Crippen LogP contribution in [0.5, 0.6) is 5.75 Å². The minimum atomic E-state index is -0.706. The second-order valence-corrected chi connectivity index (χ2v) is 7.69. The number of nitrogens with zero attached hydrogens (tertiary/aromatic N) is 2. The molecule has 2 aromatic carbocycles. The summed E-state index contributed by atoms with van der Waals surface area (Å²) in [7, 11) is 0. The number of hydrazone groups is 1. The molecule has 0 bridgehead atoms. The van der Waals surface area contributed by atoms with Crippen LogP contribution in [0.25, 0.3) is 0 Å². The summed E-state index contributed by atoms with van der Waals surface area (Å²) in [6.45, 7) is -0.351. The van der Waals surface area contributed by atoms with Crippen LogP contribution in [-0.4, -0.2) is 29.1 Å². The average Bonchev–Trinajstić information content (AvgIpc) is 3.43. The zero-order valence-electron chi connectivity index (χ0n) is 16.1. The largest absolute Gasteiger partial charge is 0.483 e. The van der Waals surface area contributed by atoms with Crippen LogP contribution in [0.3, 0.4) is 0 Å². The smallest absolute Gasteiger partial charge is 0.281 e. The number of furan rings is 1. The highest BCUT2D eigenvalue weighted by atomic mass is 35.5. The van der Waals surface area contributed by atoms with Gasteiger partial charge in [-0.25, -0.2) is 5.01 Å². The number of carbonyl (C=O) groups excluding carboxylic acids is 2. The molecule has 1 aliphatic heterocycles. The van der Waals surface area contributed by atoms with Gasteiger partial charge in [0.15, 0.2) is 6.61 Å². The van der Waals surface area contributed by atoms with Crippen molar-refractivity contribution < 1.29 is 18.7 Å². The quantitative estimate of drug-likeness (QED) is 0.591. The summed E-state index contributed by atoms with van der Waals surface area (Å²) >= 11 is 11.9. The number of benzene rings is 2. The van der Waals surface area contributed by atoms with Crippen molar-refractivity contribution in [2.75, 3.05) is 6.61 Å². The average molecular weight is 458 g/mol. The Hall–Kier alpha value is -3.29. The van der Waals surface area contributed by atoms with E-state index in [-0.39, 0.29) is 17.9 Å². The van der Waals surface area contributed by atoms with Gasteiger partial charge in [-0.05, 0) is 48.0 Å². The lowest BCUT2D eigenvalue weighted by atomic mass is 10.0. The van der Waals surface area contributed by atoms with Crippen molar-refractivity contribution in [3.8, 4) is 5.75 Å². The summed E-state index contributed by atoms with van der Waals surface area (Å²) in [5.74, 6) is -0.343. The van der Waals surface area contributed by atoms with E-state index in [1.54, 1.807) is 36.6 Å². The first-order valence-corrected chi connectivity index (χ1v) is 10.1. The first-order valence-electron chi connectivity index (χ1n) is 9.33. The van der Waals surface area contributed by atoms with Gasteiger partial charge in [-0.2, -0.15) is 5.10 Å². The molecular weight excluding hydrogens is 441 g/mol. The monoisotopic (exact) mass is 457 g/mol. The third kappa shape index (κ3) is 4.57. The van der Waals surface area contributed by atoms with E-state index in [4.69, 9.17) is 38.1 Å². The van der Waals surface area contributed by atoms with Gasteiger partial charge in [0.25, 0.3) is 11.8 Å². The minimum absolute atomic E-state index is 0.0923. The standard InChI is InChI=1S/C22H17Cl2N3O4/c23-14-5-3-13(4-6-14)17-11-18(20-2-1-9-30-20)27(26-17)21(28)12-31-19-8-7-15(24)10-16(19)22(25)29/h1-10,18H,11-12H2,(H2,25,29). The van der Waals surface area contributed by atoms with E-state index in [1.807, 2.05) is 12.1 Å². The Morgan fingerprint density at radius 1 is 1.13 bits per heavy atom. The number of hydrogen-bond acceptors (Lipinski definition) is 5. The van der Waals surface area contributed by atoms with Crippen LogP contribution >= 0.6 is 23.2 Å². The van der Waals surface area contributed by atoms with Gasteiger partial charge in [-0.1, -0.05) is 35.3 Å². The molecule has 0 spiro atoms. The number of ether oxygens (including phenoxy) is 1. The molecule has 2 heterocycles. The summed E-state index contributed by atoms with van der Waals surface area (Å²) in [5.41, 5.74) is 7.04. The molecule has 9 heteroatoms. The van der Waals surface area contributed by atoms with Crippen LogP contribution in [0.4, 0.5) is 0 Å². The number of rotatable bonds is 6. The fourth-order valence-corrected chi connectivity index (χ4v) is 3.58. The van der Waals surface area contributed by atoms with E-state index in [2.05, 4.69) is 5.10 Å². The highest BCUT2D eigenvalue weighted by molar-refractivity contribution is 6.31. The van der Waals surface area contributed by atoms with Gasteiger partial charge < -0.3 is 14.9 Å². The molecule has 2 amide bonds. The second kappa shape index (κ2) is 8.83. The lowest BCUT2D eigenvalue weighted by Crippen LogP contribution is -2.31. The second-order valence-electron chi connectivity index (χ2n) is 6.82. The number of amides is 2. The third-order valence-corrected chi connectivity index (χ3v) is 5.26. The molecule has 158 valence electrons.